The van der Waals surface area contributed by atoms with Gasteiger partial charge in [0.1, 0.15) is 23.7 Å². The van der Waals surface area contributed by atoms with E-state index in [4.69, 9.17) is 14.4 Å². The first kappa shape index (κ1) is 27.5. The summed E-state index contributed by atoms with van der Waals surface area (Å²) in [6.07, 6.45) is -3.11. The highest BCUT2D eigenvalue weighted by Crippen LogP contribution is 2.39. The van der Waals surface area contributed by atoms with Crippen LogP contribution >= 0.6 is 0 Å². The monoisotopic (exact) mass is 516 g/mol. The first-order chi connectivity index (χ1) is 17.4. The molecule has 0 bridgehead atoms. The molecule has 11 heteroatoms. The van der Waals surface area contributed by atoms with Gasteiger partial charge in [-0.1, -0.05) is 38.6 Å². The van der Waals surface area contributed by atoms with E-state index in [1.807, 2.05) is 13.8 Å². The standard InChI is InChI=1S/C26H27F3N4O4/c1-5-8-18(13-17(11-12-30)26(27,28)29)36-21-14-22(35)33(15-25(21,3)4)16(2)23-31-32-24(37-23)19-9-6-7-10-20(19)34/h5-10,13,16,21,34H,1,11,14-15H2,2-4H3/b17-13+,18-8+. The number of nitriles is 1. The van der Waals surface area contributed by atoms with Crippen LogP contribution in [0.5, 0.6) is 5.75 Å². The second-order valence-electron chi connectivity index (χ2n) is 9.27. The lowest BCUT2D eigenvalue weighted by atomic mass is 9.80. The van der Waals surface area contributed by atoms with Crippen LogP contribution in [0.4, 0.5) is 13.2 Å². The Kier molecular flexibility index (Phi) is 8.11. The molecule has 0 saturated carbocycles. The molecule has 3 rings (SSSR count). The van der Waals surface area contributed by atoms with Gasteiger partial charge in [-0.25, -0.2) is 0 Å². The molecule has 1 N–H and O–H groups in total. The van der Waals surface area contributed by atoms with Crippen LogP contribution in [0.1, 0.15) is 45.5 Å². The fourth-order valence-electron chi connectivity index (χ4n) is 3.93. The summed E-state index contributed by atoms with van der Waals surface area (Å²) in [4.78, 5) is 14.6. The average Bonchev–Trinajstić information content (AvgIpc) is 3.30. The number of para-hydroxylation sites is 1. The van der Waals surface area contributed by atoms with Crippen molar-refractivity contribution in [2.45, 2.75) is 51.9 Å². The van der Waals surface area contributed by atoms with E-state index in [2.05, 4.69) is 16.8 Å². The number of phenols is 1. The molecule has 0 aliphatic carbocycles. The van der Waals surface area contributed by atoms with Gasteiger partial charge < -0.3 is 19.2 Å². The Morgan fingerprint density at radius 3 is 2.73 bits per heavy atom. The van der Waals surface area contributed by atoms with E-state index in [0.717, 1.165) is 6.08 Å². The van der Waals surface area contributed by atoms with Gasteiger partial charge >= 0.3 is 6.18 Å². The summed E-state index contributed by atoms with van der Waals surface area (Å²) in [5.41, 5.74) is -1.38. The molecular formula is C26H27F3N4O4. The lowest BCUT2D eigenvalue weighted by Crippen LogP contribution is -2.53. The number of piperidine rings is 1. The SMILES string of the molecule is C=C/C=C(\C=C(/CC#N)C(F)(F)F)OC1CC(=O)N(C(C)c2nnc(-c3ccccc3O)o2)CC1(C)C. The van der Waals surface area contributed by atoms with Crippen molar-refractivity contribution >= 4 is 5.91 Å². The topological polar surface area (TPSA) is 112 Å². The number of hydrogen-bond donors (Lipinski definition) is 1. The molecule has 2 unspecified atom stereocenters. The molecule has 1 aromatic carbocycles. The summed E-state index contributed by atoms with van der Waals surface area (Å²) in [7, 11) is 0. The molecular weight excluding hydrogens is 489 g/mol. The minimum absolute atomic E-state index is 0.0265. The number of alkyl halides is 3. The molecule has 2 heterocycles. The number of amides is 1. The molecule has 1 saturated heterocycles. The van der Waals surface area contributed by atoms with Gasteiger partial charge in [-0.2, -0.15) is 18.4 Å². The van der Waals surface area contributed by atoms with Crippen molar-refractivity contribution in [1.29, 1.82) is 5.26 Å². The minimum Gasteiger partial charge on any atom is -0.507 e. The van der Waals surface area contributed by atoms with Crippen molar-refractivity contribution in [1.82, 2.24) is 15.1 Å². The Hall–Kier alpha value is -4.07. The fourth-order valence-corrected chi connectivity index (χ4v) is 3.93. The number of likely N-dealkylation sites (tertiary alicyclic amines) is 1. The number of carbonyl (C=O) groups is 1. The van der Waals surface area contributed by atoms with Crippen LogP contribution in [0.3, 0.4) is 0 Å². The number of hydrogen-bond acceptors (Lipinski definition) is 7. The number of aromatic hydroxyl groups is 1. The summed E-state index contributed by atoms with van der Waals surface area (Å²) < 4.78 is 51.5. The van der Waals surface area contributed by atoms with Crippen LogP contribution in [0.25, 0.3) is 11.5 Å². The summed E-state index contributed by atoms with van der Waals surface area (Å²) >= 11 is 0. The minimum atomic E-state index is -4.71. The van der Waals surface area contributed by atoms with Gasteiger partial charge in [0.15, 0.2) is 0 Å². The van der Waals surface area contributed by atoms with Crippen LogP contribution in [-0.4, -0.2) is 44.9 Å². The third-order valence-electron chi connectivity index (χ3n) is 6.04. The van der Waals surface area contributed by atoms with E-state index in [1.165, 1.54) is 24.3 Å². The van der Waals surface area contributed by atoms with E-state index >= 15 is 0 Å². The van der Waals surface area contributed by atoms with E-state index in [-0.39, 0.29) is 42.2 Å². The summed E-state index contributed by atoms with van der Waals surface area (Å²) in [5, 5.41) is 26.9. The Morgan fingerprint density at radius 1 is 1.41 bits per heavy atom. The molecule has 37 heavy (non-hydrogen) atoms. The molecule has 0 spiro atoms. The number of nitrogens with zero attached hydrogens (tertiary/aromatic N) is 4. The maximum absolute atomic E-state index is 13.3. The number of rotatable bonds is 8. The van der Waals surface area contributed by atoms with Gasteiger partial charge in [0.2, 0.25) is 11.8 Å². The predicted molar refractivity (Wildman–Crippen MR) is 127 cm³/mol. The van der Waals surface area contributed by atoms with Gasteiger partial charge in [-0.15, -0.1) is 10.2 Å². The van der Waals surface area contributed by atoms with Crippen molar-refractivity contribution < 1.29 is 32.2 Å². The Morgan fingerprint density at radius 2 is 2.11 bits per heavy atom. The average molecular weight is 517 g/mol. The highest BCUT2D eigenvalue weighted by molar-refractivity contribution is 5.78. The van der Waals surface area contributed by atoms with Gasteiger partial charge in [0.25, 0.3) is 5.89 Å². The molecule has 0 radical (unpaired) electrons. The zero-order valence-corrected chi connectivity index (χ0v) is 20.6. The van der Waals surface area contributed by atoms with Gasteiger partial charge in [-0.05, 0) is 31.2 Å². The molecule has 8 nitrogen and oxygen atoms in total. The van der Waals surface area contributed by atoms with E-state index in [0.29, 0.717) is 5.56 Å². The van der Waals surface area contributed by atoms with Gasteiger partial charge in [-0.3, -0.25) is 4.79 Å². The Labute approximate surface area is 212 Å². The van der Waals surface area contributed by atoms with Crippen LogP contribution in [0, 0.1) is 16.7 Å². The number of phenolic OH excluding ortho intramolecular Hbond substituents is 1. The zero-order valence-electron chi connectivity index (χ0n) is 20.6. The molecule has 1 aromatic heterocycles. The first-order valence-electron chi connectivity index (χ1n) is 11.4. The first-order valence-corrected chi connectivity index (χ1v) is 11.4. The molecule has 2 aromatic rings. The van der Waals surface area contributed by atoms with Crippen molar-refractivity contribution in [3.63, 3.8) is 0 Å². The van der Waals surface area contributed by atoms with Crippen molar-refractivity contribution in [2.75, 3.05) is 6.54 Å². The molecule has 1 aliphatic heterocycles. The van der Waals surface area contributed by atoms with Crippen LogP contribution in [0.15, 0.2) is 64.8 Å². The van der Waals surface area contributed by atoms with Crippen LogP contribution < -0.4 is 0 Å². The Bertz CT molecular complexity index is 1260. The normalized spacial score (nSPS) is 19.3. The predicted octanol–water partition coefficient (Wildman–Crippen LogP) is 5.62. The number of ether oxygens (including phenoxy) is 1. The highest BCUT2D eigenvalue weighted by Gasteiger charge is 2.44. The number of allylic oxidation sites excluding steroid dienone is 4. The number of benzene rings is 1. The summed E-state index contributed by atoms with van der Waals surface area (Å²) in [6, 6.07) is 7.38. The van der Waals surface area contributed by atoms with E-state index in [1.54, 1.807) is 30.0 Å². The second kappa shape index (κ2) is 10.9. The highest BCUT2D eigenvalue weighted by atomic mass is 19.4. The third-order valence-corrected chi connectivity index (χ3v) is 6.04. The number of aromatic nitrogens is 2. The number of carbonyl (C=O) groups excluding carboxylic acids is 1. The molecule has 1 fully saturated rings. The fraction of sp³-hybridized carbons (Fsp3) is 0.385. The van der Waals surface area contributed by atoms with Crippen LogP contribution in [0.2, 0.25) is 0 Å². The molecule has 1 aliphatic rings. The largest absolute Gasteiger partial charge is 0.507 e. The van der Waals surface area contributed by atoms with Crippen LogP contribution in [-0.2, 0) is 9.53 Å². The van der Waals surface area contributed by atoms with Crippen molar-refractivity contribution in [3.05, 3.63) is 66.3 Å². The third kappa shape index (κ3) is 6.39. The summed E-state index contributed by atoms with van der Waals surface area (Å²) in [5.74, 6) is -0.207. The maximum Gasteiger partial charge on any atom is 0.413 e. The van der Waals surface area contributed by atoms with Gasteiger partial charge in [0.05, 0.1) is 30.0 Å². The summed E-state index contributed by atoms with van der Waals surface area (Å²) in [6.45, 7) is 9.10. The van der Waals surface area contributed by atoms with Crippen molar-refractivity contribution in [3.8, 4) is 23.3 Å². The Balaban J connectivity index is 1.80. The number of halogens is 3. The zero-order chi connectivity index (χ0) is 27.4. The lowest BCUT2D eigenvalue weighted by Gasteiger charge is -2.45. The smallest absolute Gasteiger partial charge is 0.413 e. The van der Waals surface area contributed by atoms with E-state index < -0.39 is 35.7 Å². The second-order valence-corrected chi connectivity index (χ2v) is 9.27. The maximum atomic E-state index is 13.3. The van der Waals surface area contributed by atoms with Crippen molar-refractivity contribution in [2.24, 2.45) is 5.41 Å². The molecule has 2 atom stereocenters. The molecule has 196 valence electrons. The van der Waals surface area contributed by atoms with Gasteiger partial charge in [0, 0.05) is 12.0 Å². The quantitative estimate of drug-likeness (QED) is 0.358. The molecule has 1 amide bonds. The lowest BCUT2D eigenvalue weighted by molar-refractivity contribution is -0.150. The van der Waals surface area contributed by atoms with E-state index in [9.17, 15) is 23.1 Å².